The van der Waals surface area contributed by atoms with Crippen molar-refractivity contribution in [3.05, 3.63) is 24.0 Å². The highest BCUT2D eigenvalue weighted by molar-refractivity contribution is 5.67. The highest BCUT2D eigenvalue weighted by atomic mass is 19.4. The van der Waals surface area contributed by atoms with E-state index < -0.39 is 17.8 Å². The number of hydrogen-bond acceptors (Lipinski definition) is 3. The molecule has 0 spiro atoms. The number of aromatic nitrogens is 1. The van der Waals surface area contributed by atoms with Gasteiger partial charge in [-0.15, -0.1) is 0 Å². The standard InChI is InChI=1S/C9H9F3N2O2/c10-9(11,12)7-5-6(1-3-14-7)13-4-2-8(15)16/h1,3,5H,2,4H2,(H,13,14)(H,15,16). The van der Waals surface area contributed by atoms with E-state index in [0.717, 1.165) is 12.3 Å². The Hall–Kier alpha value is -1.79. The van der Waals surface area contributed by atoms with Crippen LogP contribution < -0.4 is 5.32 Å². The van der Waals surface area contributed by atoms with E-state index in [9.17, 15) is 18.0 Å². The largest absolute Gasteiger partial charge is 0.481 e. The number of anilines is 1. The molecule has 0 fully saturated rings. The molecule has 0 saturated carbocycles. The number of carboxylic acids is 1. The van der Waals surface area contributed by atoms with Gasteiger partial charge in [0.25, 0.3) is 0 Å². The molecule has 0 aliphatic rings. The van der Waals surface area contributed by atoms with Gasteiger partial charge in [-0.1, -0.05) is 0 Å². The average molecular weight is 234 g/mol. The molecule has 4 nitrogen and oxygen atoms in total. The van der Waals surface area contributed by atoms with Crippen LogP contribution in [-0.4, -0.2) is 22.6 Å². The predicted octanol–water partition coefficient (Wildman–Crippen LogP) is 1.99. The van der Waals surface area contributed by atoms with Gasteiger partial charge in [0, 0.05) is 18.4 Å². The van der Waals surface area contributed by atoms with E-state index in [1.54, 1.807) is 0 Å². The van der Waals surface area contributed by atoms with Crippen molar-refractivity contribution in [2.24, 2.45) is 0 Å². The SMILES string of the molecule is O=C(O)CCNc1ccnc(C(F)(F)F)c1. The van der Waals surface area contributed by atoms with Crippen LogP contribution in [0.2, 0.25) is 0 Å². The van der Waals surface area contributed by atoms with Crippen molar-refractivity contribution < 1.29 is 23.1 Å². The molecule has 2 N–H and O–H groups in total. The first-order chi connectivity index (χ1) is 7.39. The summed E-state index contributed by atoms with van der Waals surface area (Å²) >= 11 is 0. The smallest absolute Gasteiger partial charge is 0.433 e. The molecule has 88 valence electrons. The van der Waals surface area contributed by atoms with Gasteiger partial charge in [0.1, 0.15) is 5.69 Å². The van der Waals surface area contributed by atoms with Crippen LogP contribution in [0.5, 0.6) is 0 Å². The van der Waals surface area contributed by atoms with Crippen LogP contribution in [-0.2, 0) is 11.0 Å². The van der Waals surface area contributed by atoms with Crippen LogP contribution in [0.25, 0.3) is 0 Å². The second kappa shape index (κ2) is 4.82. The Morgan fingerprint density at radius 2 is 2.19 bits per heavy atom. The Labute approximate surface area is 89.1 Å². The first-order valence-electron chi connectivity index (χ1n) is 4.38. The number of alkyl halides is 3. The van der Waals surface area contributed by atoms with E-state index >= 15 is 0 Å². The summed E-state index contributed by atoms with van der Waals surface area (Å²) in [6.07, 6.45) is -3.64. The van der Waals surface area contributed by atoms with Crippen LogP contribution in [0.1, 0.15) is 12.1 Å². The van der Waals surface area contributed by atoms with Crippen molar-refractivity contribution in [2.45, 2.75) is 12.6 Å². The first kappa shape index (κ1) is 12.3. The Kier molecular flexibility index (Phi) is 3.70. The number of nitrogens with zero attached hydrogens (tertiary/aromatic N) is 1. The fourth-order valence-electron chi connectivity index (χ4n) is 1.01. The minimum atomic E-state index is -4.50. The molecule has 0 amide bonds. The molecular formula is C9H9F3N2O2. The topological polar surface area (TPSA) is 62.2 Å². The summed E-state index contributed by atoms with van der Waals surface area (Å²) in [7, 11) is 0. The Balaban J connectivity index is 2.64. The number of halogens is 3. The van der Waals surface area contributed by atoms with Gasteiger partial charge in [-0.2, -0.15) is 13.2 Å². The third-order valence-corrected chi connectivity index (χ3v) is 1.72. The van der Waals surface area contributed by atoms with Crippen LogP contribution in [0.3, 0.4) is 0 Å². The number of pyridine rings is 1. The van der Waals surface area contributed by atoms with Gasteiger partial charge in [-0.25, -0.2) is 0 Å². The summed E-state index contributed by atoms with van der Waals surface area (Å²) in [4.78, 5) is 13.4. The van der Waals surface area contributed by atoms with Crippen molar-refractivity contribution in [1.29, 1.82) is 0 Å². The van der Waals surface area contributed by atoms with E-state index in [1.165, 1.54) is 6.07 Å². The third-order valence-electron chi connectivity index (χ3n) is 1.72. The highest BCUT2D eigenvalue weighted by Gasteiger charge is 2.32. The zero-order valence-electron chi connectivity index (χ0n) is 8.08. The Morgan fingerprint density at radius 3 is 2.75 bits per heavy atom. The van der Waals surface area contributed by atoms with Crippen molar-refractivity contribution in [3.63, 3.8) is 0 Å². The zero-order valence-corrected chi connectivity index (χ0v) is 8.08. The monoisotopic (exact) mass is 234 g/mol. The molecular weight excluding hydrogens is 225 g/mol. The van der Waals surface area contributed by atoms with Gasteiger partial charge in [0.2, 0.25) is 0 Å². The summed E-state index contributed by atoms with van der Waals surface area (Å²) in [6, 6.07) is 2.18. The number of hydrogen-bond donors (Lipinski definition) is 2. The molecule has 16 heavy (non-hydrogen) atoms. The fourth-order valence-corrected chi connectivity index (χ4v) is 1.01. The van der Waals surface area contributed by atoms with Crippen LogP contribution in [0, 0.1) is 0 Å². The molecule has 0 atom stereocenters. The fraction of sp³-hybridized carbons (Fsp3) is 0.333. The molecule has 0 aromatic carbocycles. The summed E-state index contributed by atoms with van der Waals surface area (Å²) < 4.78 is 36.7. The maximum absolute atomic E-state index is 12.2. The molecule has 1 heterocycles. The molecule has 1 aromatic heterocycles. The lowest BCUT2D eigenvalue weighted by Crippen LogP contribution is -2.11. The van der Waals surface area contributed by atoms with Crippen molar-refractivity contribution in [2.75, 3.05) is 11.9 Å². The quantitative estimate of drug-likeness (QED) is 0.836. The second-order valence-corrected chi connectivity index (χ2v) is 3.00. The van der Waals surface area contributed by atoms with Crippen molar-refractivity contribution in [3.8, 4) is 0 Å². The lowest BCUT2D eigenvalue weighted by Gasteiger charge is -2.08. The zero-order chi connectivity index (χ0) is 12.2. The Bertz CT molecular complexity index is 379. The minimum absolute atomic E-state index is 0.0661. The lowest BCUT2D eigenvalue weighted by molar-refractivity contribution is -0.141. The number of nitrogens with one attached hydrogen (secondary N) is 1. The minimum Gasteiger partial charge on any atom is -0.481 e. The normalized spacial score (nSPS) is 11.2. The van der Waals surface area contributed by atoms with Gasteiger partial charge in [-0.3, -0.25) is 9.78 Å². The van der Waals surface area contributed by atoms with Gasteiger partial charge < -0.3 is 10.4 Å². The van der Waals surface area contributed by atoms with Gasteiger partial charge in [0.05, 0.1) is 6.42 Å². The average Bonchev–Trinajstić information content (AvgIpc) is 2.16. The molecule has 1 rings (SSSR count). The van der Waals surface area contributed by atoms with E-state index in [2.05, 4.69) is 10.3 Å². The van der Waals surface area contributed by atoms with E-state index in [4.69, 9.17) is 5.11 Å². The summed E-state index contributed by atoms with van der Waals surface area (Å²) in [5, 5.41) is 10.9. The molecule has 0 bridgehead atoms. The number of carbonyl (C=O) groups is 1. The maximum Gasteiger partial charge on any atom is 0.433 e. The van der Waals surface area contributed by atoms with E-state index in [1.807, 2.05) is 0 Å². The van der Waals surface area contributed by atoms with Gasteiger partial charge in [0.15, 0.2) is 0 Å². The second-order valence-electron chi connectivity index (χ2n) is 3.00. The van der Waals surface area contributed by atoms with E-state index in [0.29, 0.717) is 0 Å². The van der Waals surface area contributed by atoms with Gasteiger partial charge in [-0.05, 0) is 12.1 Å². The molecule has 0 radical (unpaired) electrons. The summed E-state index contributed by atoms with van der Waals surface area (Å²) in [5.74, 6) is -1.02. The van der Waals surface area contributed by atoms with Crippen LogP contribution in [0.15, 0.2) is 18.3 Å². The number of aliphatic carboxylic acids is 1. The Morgan fingerprint density at radius 1 is 1.50 bits per heavy atom. The van der Waals surface area contributed by atoms with Crippen molar-refractivity contribution >= 4 is 11.7 Å². The van der Waals surface area contributed by atoms with E-state index in [-0.39, 0.29) is 18.7 Å². The molecule has 0 unspecified atom stereocenters. The summed E-state index contributed by atoms with van der Waals surface area (Å²) in [6.45, 7) is 0.0661. The molecule has 0 aliphatic carbocycles. The first-order valence-corrected chi connectivity index (χ1v) is 4.38. The van der Waals surface area contributed by atoms with Crippen molar-refractivity contribution in [1.82, 2.24) is 4.98 Å². The highest BCUT2D eigenvalue weighted by Crippen LogP contribution is 2.28. The molecule has 1 aromatic rings. The third kappa shape index (κ3) is 3.76. The molecule has 0 aliphatic heterocycles. The number of rotatable bonds is 4. The lowest BCUT2D eigenvalue weighted by atomic mass is 10.3. The van der Waals surface area contributed by atoms with Gasteiger partial charge >= 0.3 is 12.1 Å². The van der Waals surface area contributed by atoms with Crippen LogP contribution >= 0.6 is 0 Å². The molecule has 7 heteroatoms. The maximum atomic E-state index is 12.2. The summed E-state index contributed by atoms with van der Waals surface area (Å²) in [5.41, 5.74) is -0.809. The van der Waals surface area contributed by atoms with Crippen LogP contribution in [0.4, 0.5) is 18.9 Å². The number of carboxylic acid groups (broad SMARTS) is 1. The molecule has 0 saturated heterocycles. The predicted molar refractivity (Wildman–Crippen MR) is 50.0 cm³/mol.